The van der Waals surface area contributed by atoms with Crippen LogP contribution in [0.15, 0.2) is 53.7 Å². The Kier molecular flexibility index (Phi) is 6.60. The number of hydrogen-bond donors (Lipinski definition) is 2. The number of carbonyl (C=O) groups is 2. The number of aromatic nitrogens is 3. The predicted octanol–water partition coefficient (Wildman–Crippen LogP) is 3.24. The highest BCUT2D eigenvalue weighted by molar-refractivity contribution is 7.99. The molecule has 0 saturated heterocycles. The van der Waals surface area contributed by atoms with Crippen molar-refractivity contribution >= 4 is 23.7 Å². The SMILES string of the molecule is CC(C)CNC(=O)NC(=O)CSc1nnc(-c2ccc3c(c2)OCO3)n1-c1ccccc1. The lowest BCUT2D eigenvalue weighted by Crippen LogP contribution is -2.41. The Labute approximate surface area is 189 Å². The van der Waals surface area contributed by atoms with Gasteiger partial charge in [0, 0.05) is 17.8 Å². The molecule has 3 aromatic rings. The Balaban J connectivity index is 1.54. The highest BCUT2D eigenvalue weighted by atomic mass is 32.2. The maximum absolute atomic E-state index is 12.2. The summed E-state index contributed by atoms with van der Waals surface area (Å²) in [5, 5.41) is 14.2. The van der Waals surface area contributed by atoms with Crippen molar-refractivity contribution in [1.82, 2.24) is 25.4 Å². The third-order valence-electron chi connectivity index (χ3n) is 4.53. The van der Waals surface area contributed by atoms with Gasteiger partial charge in [-0.3, -0.25) is 14.7 Å². The summed E-state index contributed by atoms with van der Waals surface area (Å²) in [5.41, 5.74) is 1.65. The fourth-order valence-electron chi connectivity index (χ4n) is 3.03. The number of rotatable bonds is 7. The van der Waals surface area contributed by atoms with Gasteiger partial charge in [0.25, 0.3) is 0 Å². The van der Waals surface area contributed by atoms with Crippen molar-refractivity contribution < 1.29 is 19.1 Å². The second kappa shape index (κ2) is 9.73. The molecule has 0 aliphatic carbocycles. The van der Waals surface area contributed by atoms with E-state index in [1.807, 2.05) is 66.9 Å². The summed E-state index contributed by atoms with van der Waals surface area (Å²) in [7, 11) is 0. The van der Waals surface area contributed by atoms with Crippen LogP contribution in [0, 0.1) is 5.92 Å². The highest BCUT2D eigenvalue weighted by Crippen LogP contribution is 2.36. The van der Waals surface area contributed by atoms with Gasteiger partial charge < -0.3 is 14.8 Å². The molecule has 0 spiro atoms. The number of thioether (sulfide) groups is 1. The van der Waals surface area contributed by atoms with Crippen molar-refractivity contribution in [1.29, 1.82) is 0 Å². The van der Waals surface area contributed by atoms with Crippen LogP contribution in [0.2, 0.25) is 0 Å². The van der Waals surface area contributed by atoms with Crippen LogP contribution in [-0.4, -0.2) is 45.8 Å². The van der Waals surface area contributed by atoms with E-state index in [9.17, 15) is 9.59 Å². The lowest BCUT2D eigenvalue weighted by molar-refractivity contribution is -0.117. The Hall–Kier alpha value is -3.53. The largest absolute Gasteiger partial charge is 0.454 e. The molecule has 2 N–H and O–H groups in total. The first kappa shape index (κ1) is 21.7. The van der Waals surface area contributed by atoms with Gasteiger partial charge in [0.05, 0.1) is 5.75 Å². The van der Waals surface area contributed by atoms with Crippen molar-refractivity contribution in [3.63, 3.8) is 0 Å². The molecule has 1 aliphatic rings. The van der Waals surface area contributed by atoms with E-state index in [-0.39, 0.29) is 12.5 Å². The van der Waals surface area contributed by atoms with Gasteiger partial charge in [-0.05, 0) is 36.2 Å². The number of fused-ring (bicyclic) bond motifs is 1. The molecule has 0 unspecified atom stereocenters. The van der Waals surface area contributed by atoms with Gasteiger partial charge in [-0.25, -0.2) is 4.79 Å². The lowest BCUT2D eigenvalue weighted by atomic mass is 10.2. The lowest BCUT2D eigenvalue weighted by Gasteiger charge is -2.11. The standard InChI is InChI=1S/C22H23N5O4S/c1-14(2)11-23-21(29)24-19(28)12-32-22-26-25-20(27(22)16-6-4-3-5-7-16)15-8-9-17-18(10-15)31-13-30-17/h3-10,14H,11-13H2,1-2H3,(H2,23,24,28,29). The molecule has 0 bridgehead atoms. The Bertz CT molecular complexity index is 1120. The van der Waals surface area contributed by atoms with Gasteiger partial charge in [-0.15, -0.1) is 10.2 Å². The van der Waals surface area contributed by atoms with Crippen LogP contribution >= 0.6 is 11.8 Å². The molecule has 2 heterocycles. The first-order valence-corrected chi connectivity index (χ1v) is 11.1. The minimum absolute atomic E-state index is 0.0151. The summed E-state index contributed by atoms with van der Waals surface area (Å²) in [6.45, 7) is 4.64. The second-order valence-corrected chi connectivity index (χ2v) is 8.43. The van der Waals surface area contributed by atoms with Crippen LogP contribution in [0.1, 0.15) is 13.8 Å². The third-order valence-corrected chi connectivity index (χ3v) is 5.46. The van der Waals surface area contributed by atoms with Crippen molar-refractivity contribution in [2.24, 2.45) is 5.92 Å². The Morgan fingerprint density at radius 2 is 1.88 bits per heavy atom. The van der Waals surface area contributed by atoms with Gasteiger partial charge in [0.15, 0.2) is 22.5 Å². The average molecular weight is 454 g/mol. The summed E-state index contributed by atoms with van der Waals surface area (Å²) in [5.74, 6) is 1.83. The number of benzene rings is 2. The Morgan fingerprint density at radius 3 is 2.66 bits per heavy atom. The van der Waals surface area contributed by atoms with E-state index in [0.29, 0.717) is 34.9 Å². The van der Waals surface area contributed by atoms with Gasteiger partial charge in [0.1, 0.15) is 0 Å². The van der Waals surface area contributed by atoms with E-state index in [1.165, 1.54) is 11.8 Å². The molecule has 10 heteroatoms. The average Bonchev–Trinajstić information content (AvgIpc) is 3.43. The summed E-state index contributed by atoms with van der Waals surface area (Å²) in [6.07, 6.45) is 0. The van der Waals surface area contributed by atoms with E-state index in [4.69, 9.17) is 9.47 Å². The number of carbonyl (C=O) groups excluding carboxylic acids is 2. The van der Waals surface area contributed by atoms with Crippen molar-refractivity contribution in [3.05, 3.63) is 48.5 Å². The minimum atomic E-state index is -0.505. The number of para-hydroxylation sites is 1. The molecule has 3 amide bonds. The van der Waals surface area contributed by atoms with Crippen LogP contribution in [0.25, 0.3) is 17.1 Å². The zero-order valence-corrected chi connectivity index (χ0v) is 18.5. The van der Waals surface area contributed by atoms with Crippen molar-refractivity contribution in [3.8, 4) is 28.6 Å². The topological polar surface area (TPSA) is 107 Å². The van der Waals surface area contributed by atoms with E-state index in [2.05, 4.69) is 20.8 Å². The minimum Gasteiger partial charge on any atom is -0.454 e. The van der Waals surface area contributed by atoms with Crippen molar-refractivity contribution in [2.75, 3.05) is 19.1 Å². The molecule has 2 aromatic carbocycles. The number of ether oxygens (including phenoxy) is 2. The number of nitrogens with zero attached hydrogens (tertiary/aromatic N) is 3. The molecule has 1 aromatic heterocycles. The van der Waals surface area contributed by atoms with Gasteiger partial charge >= 0.3 is 6.03 Å². The van der Waals surface area contributed by atoms with E-state index in [1.54, 1.807) is 0 Å². The zero-order valence-electron chi connectivity index (χ0n) is 17.7. The van der Waals surface area contributed by atoms with Crippen LogP contribution in [0.5, 0.6) is 11.5 Å². The molecule has 0 atom stereocenters. The van der Waals surface area contributed by atoms with Crippen molar-refractivity contribution in [2.45, 2.75) is 19.0 Å². The number of nitrogens with one attached hydrogen (secondary N) is 2. The van der Waals surface area contributed by atoms with E-state index >= 15 is 0 Å². The Morgan fingerprint density at radius 1 is 1.09 bits per heavy atom. The monoisotopic (exact) mass is 453 g/mol. The smallest absolute Gasteiger partial charge is 0.321 e. The molecular weight excluding hydrogens is 430 g/mol. The normalized spacial score (nSPS) is 12.1. The summed E-state index contributed by atoms with van der Waals surface area (Å²) in [4.78, 5) is 24.1. The fourth-order valence-corrected chi connectivity index (χ4v) is 3.78. The van der Waals surface area contributed by atoms with Gasteiger partial charge in [-0.1, -0.05) is 43.8 Å². The molecule has 0 fully saturated rings. The van der Waals surface area contributed by atoms with Crippen LogP contribution in [0.4, 0.5) is 4.79 Å². The maximum Gasteiger partial charge on any atom is 0.321 e. The van der Waals surface area contributed by atoms with Crippen LogP contribution < -0.4 is 20.1 Å². The van der Waals surface area contributed by atoms with Gasteiger partial charge in [0.2, 0.25) is 12.7 Å². The first-order valence-electron chi connectivity index (χ1n) is 10.1. The molecule has 9 nitrogen and oxygen atoms in total. The molecule has 166 valence electrons. The zero-order chi connectivity index (χ0) is 22.5. The van der Waals surface area contributed by atoms with Gasteiger partial charge in [-0.2, -0.15) is 0 Å². The molecular formula is C22H23N5O4S. The summed E-state index contributed by atoms with van der Waals surface area (Å²) in [6, 6.07) is 14.7. The summed E-state index contributed by atoms with van der Waals surface area (Å²) >= 11 is 1.20. The number of amides is 3. The van der Waals surface area contributed by atoms with E-state index in [0.717, 1.165) is 11.3 Å². The molecule has 0 radical (unpaired) electrons. The fraction of sp³-hybridized carbons (Fsp3) is 0.273. The highest BCUT2D eigenvalue weighted by Gasteiger charge is 2.21. The quantitative estimate of drug-likeness (QED) is 0.529. The summed E-state index contributed by atoms with van der Waals surface area (Å²) < 4.78 is 12.7. The third kappa shape index (κ3) is 5.02. The molecule has 0 saturated carbocycles. The predicted molar refractivity (Wildman–Crippen MR) is 120 cm³/mol. The number of imide groups is 1. The number of hydrogen-bond acceptors (Lipinski definition) is 7. The molecule has 32 heavy (non-hydrogen) atoms. The van der Waals surface area contributed by atoms with Crippen LogP contribution in [-0.2, 0) is 4.79 Å². The second-order valence-electron chi connectivity index (χ2n) is 7.49. The molecule has 1 aliphatic heterocycles. The number of urea groups is 1. The first-order chi connectivity index (χ1) is 15.5. The van der Waals surface area contributed by atoms with Crippen LogP contribution in [0.3, 0.4) is 0 Å². The maximum atomic E-state index is 12.2. The molecule has 4 rings (SSSR count). The van der Waals surface area contributed by atoms with E-state index < -0.39 is 11.9 Å².